The number of nitrogens with zero attached hydrogens (tertiary/aromatic N) is 16. The van der Waals surface area contributed by atoms with E-state index in [4.69, 9.17) is 68.6 Å². The molecule has 35 heteroatoms. The molecule has 8 aromatic rings. The quantitative estimate of drug-likeness (QED) is 0.0747. The van der Waals surface area contributed by atoms with E-state index in [2.05, 4.69) is 131 Å². The number of nitrogens with one attached hydrogen (secondary N) is 2. The number of carbonyl (C=O) groups excluding carboxylic acids is 5. The van der Waals surface area contributed by atoms with Gasteiger partial charge in [-0.1, -0.05) is 78.3 Å². The standard InChI is InChI=1S/C29H32ClFN6O.C17H22ClN3.C16H20FN3O2.C11H12FN3.C9H18N2O2.C7H3BrFN.CO2.2CH4.2ClH.HI/c1-21-22(20-34-10-12-36(13-11-34)27-7-5-4-6-24(27)30)18-28(33(21)3)29(38)37-16-14-35(15-17-37)23-8-9-25(31)26(19-23)32-2;1-14-15(7-8-19(14)2)13-20-9-11-21(12-10-20)17-6-4-3-5-16(17)18;1-16(2,3)22-15(21)20-9-7-19(8-10-20)12-5-6-13(17)14(11-12)18-4;1-13-11-8-9(2-3-10(11)12)15-6-4-14-5-7-15;1-9(2,3)13-8(12)11-6-4-10-5-7-11;1-10-7-4-5(8)2-3-6(7)9;2-1-3;;;;;/h4-9,18-19H,10-17,20H2,1,3H3;3-8H,9-13H2,1-2H3;5-6,11H,7-10H2,1-3H3;2-3,8,14H,4-7H2;10H,4-7H2,1-3H3;2-4H;;2*1H4;3*1H. The van der Waals surface area contributed by atoms with Crippen LogP contribution in [0.1, 0.15) is 89.4 Å². The minimum atomic E-state index is -0.508. The van der Waals surface area contributed by atoms with Crippen LogP contribution in [-0.4, -0.2) is 226 Å². The molecule has 14 rings (SSSR count). The molecule has 688 valence electrons. The Morgan fingerprint density at radius 2 is 0.780 bits per heavy atom. The maximum Gasteiger partial charge on any atom is 0.410 e. The van der Waals surface area contributed by atoms with E-state index in [1.165, 1.54) is 47.2 Å². The molecule has 6 fully saturated rings. The molecular weight excluding hydrogens is 1890 g/mol. The number of ether oxygens (including phenoxy) is 2. The van der Waals surface area contributed by atoms with E-state index in [0.717, 1.165) is 166 Å². The zero-order chi connectivity index (χ0) is 88.8. The fraction of sp³-hybridized carbons (Fsp3) is 0.435. The molecule has 0 radical (unpaired) electrons. The highest BCUT2D eigenvalue weighted by atomic mass is 127. The largest absolute Gasteiger partial charge is 0.444 e. The van der Waals surface area contributed by atoms with Crippen LogP contribution < -0.4 is 35.1 Å². The van der Waals surface area contributed by atoms with Gasteiger partial charge in [0.15, 0.2) is 0 Å². The number of anilines is 5. The third kappa shape index (κ3) is 34.0. The second-order valence-electron chi connectivity index (χ2n) is 31.4. The van der Waals surface area contributed by atoms with Gasteiger partial charge in [0, 0.05) is 223 Å². The normalized spacial score (nSPS) is 14.9. The van der Waals surface area contributed by atoms with Gasteiger partial charge in [0.2, 0.25) is 22.7 Å². The number of amides is 3. The van der Waals surface area contributed by atoms with E-state index >= 15 is 0 Å². The zero-order valence-electron chi connectivity index (χ0n) is 72.0. The minimum Gasteiger partial charge on any atom is -0.444 e. The lowest BCUT2D eigenvalue weighted by molar-refractivity contribution is -0.191. The molecule has 6 aliphatic heterocycles. The Morgan fingerprint density at radius 1 is 0.449 bits per heavy atom. The summed E-state index contributed by atoms with van der Waals surface area (Å²) >= 11 is 15.8. The van der Waals surface area contributed by atoms with Crippen molar-refractivity contribution in [1.29, 1.82) is 0 Å². The van der Waals surface area contributed by atoms with Crippen molar-refractivity contribution < 1.29 is 51.0 Å². The SMILES string of the molecule is C.C.CC(C)(C)OC(=O)N1CCNCC1.Cc1c(CN2CCN(c3ccccc3Cl)CC2)ccn1C.Cl.Cl.I.O=C=O.[C-]#[N+]c1cc(Br)ccc1F.[C-]#[N+]c1cc(N2CCN(C(=O)OC(C)(C)C)CC2)ccc1F.[C-]#[N+]c1cc(N2CCN(C(=O)c3cc(CN4CCN(c5ccccc5Cl)CC4)c(C)n3C)CC2)ccc1F.[C-]#[N+]c1cc(N2CCNCC2)ccc1F. The van der Waals surface area contributed by atoms with Crippen molar-refractivity contribution in [2.75, 3.05) is 182 Å². The van der Waals surface area contributed by atoms with Crippen molar-refractivity contribution in [2.24, 2.45) is 14.1 Å². The number of aryl methyl sites for hydroxylation is 1. The molecule has 127 heavy (non-hydrogen) atoms. The first-order valence-corrected chi connectivity index (χ1v) is 41.7. The second kappa shape index (κ2) is 54.5. The monoisotopic (exact) mass is 2010 g/mol. The van der Waals surface area contributed by atoms with Gasteiger partial charge in [-0.15, -0.1) is 48.8 Å². The highest BCUT2D eigenvalue weighted by Gasteiger charge is 2.31. The summed E-state index contributed by atoms with van der Waals surface area (Å²) in [7, 11) is 4.07. The van der Waals surface area contributed by atoms with Crippen LogP contribution in [0.15, 0.2) is 144 Å². The number of piperazine rings is 6. The molecule has 6 aliphatic rings. The molecule has 2 N–H and O–H groups in total. The summed E-state index contributed by atoms with van der Waals surface area (Å²) in [5.41, 5.74) is 9.90. The molecular formula is C92H118BrCl4F4IN18O7. The van der Waals surface area contributed by atoms with Gasteiger partial charge >= 0.3 is 18.3 Å². The van der Waals surface area contributed by atoms with Gasteiger partial charge in [0.1, 0.15) is 40.2 Å². The molecule has 0 aliphatic carbocycles. The fourth-order valence-corrected chi connectivity index (χ4v) is 14.8. The molecule has 0 spiro atoms. The lowest BCUT2D eigenvalue weighted by Crippen LogP contribution is -2.50. The number of halogens is 10. The van der Waals surface area contributed by atoms with Crippen LogP contribution >= 0.6 is 87.9 Å². The van der Waals surface area contributed by atoms with Crippen molar-refractivity contribution >= 4 is 163 Å². The molecule has 0 atom stereocenters. The average molecular weight is 2010 g/mol. The third-order valence-electron chi connectivity index (χ3n) is 20.9. The Hall–Kier alpha value is -9.84. The van der Waals surface area contributed by atoms with E-state index in [1.807, 2.05) is 99.4 Å². The van der Waals surface area contributed by atoms with E-state index in [9.17, 15) is 31.9 Å². The second-order valence-corrected chi connectivity index (χ2v) is 33.1. The van der Waals surface area contributed by atoms with Crippen LogP contribution in [0.5, 0.6) is 0 Å². The molecule has 6 aromatic carbocycles. The number of aromatic nitrogens is 2. The van der Waals surface area contributed by atoms with Crippen LogP contribution in [0.25, 0.3) is 19.4 Å². The predicted molar refractivity (Wildman–Crippen MR) is 519 cm³/mol. The van der Waals surface area contributed by atoms with Crippen LogP contribution in [0.3, 0.4) is 0 Å². The summed E-state index contributed by atoms with van der Waals surface area (Å²) in [6, 6.07) is 38.5. The van der Waals surface area contributed by atoms with Gasteiger partial charge < -0.3 is 68.4 Å². The molecule has 0 saturated carbocycles. The lowest BCUT2D eigenvalue weighted by atomic mass is 10.2. The van der Waals surface area contributed by atoms with Crippen molar-refractivity contribution in [3.05, 3.63) is 251 Å². The van der Waals surface area contributed by atoms with E-state index in [0.29, 0.717) is 58.1 Å². The third-order valence-corrected chi connectivity index (χ3v) is 22.1. The Kier molecular flexibility index (Phi) is 47.8. The van der Waals surface area contributed by atoms with E-state index < -0.39 is 28.9 Å². The van der Waals surface area contributed by atoms with Crippen molar-refractivity contribution in [1.82, 2.24) is 44.3 Å². The maximum atomic E-state index is 13.7. The summed E-state index contributed by atoms with van der Waals surface area (Å²) in [4.78, 5) is 87.0. The number of rotatable bonds is 10. The number of carbonyl (C=O) groups is 3. The number of benzene rings is 6. The van der Waals surface area contributed by atoms with Gasteiger partial charge in [0.25, 0.3) is 5.91 Å². The Bertz CT molecular complexity index is 5040. The summed E-state index contributed by atoms with van der Waals surface area (Å²) in [6.07, 6.45) is 1.88. The molecule has 3 amide bonds. The maximum absolute atomic E-state index is 13.7. The van der Waals surface area contributed by atoms with Gasteiger partial charge in [0.05, 0.1) is 47.7 Å². The van der Waals surface area contributed by atoms with Gasteiger partial charge in [-0.3, -0.25) is 14.6 Å². The van der Waals surface area contributed by atoms with Crippen LogP contribution in [-0.2, 0) is 46.2 Å². The topological polar surface area (TPSA) is 188 Å². The molecule has 6 saturated heterocycles. The summed E-state index contributed by atoms with van der Waals surface area (Å²) in [5.74, 6) is -1.89. The zero-order valence-corrected chi connectivity index (χ0v) is 79.1. The average Bonchev–Trinajstić information content (AvgIpc) is 1.64. The molecule has 25 nitrogen and oxygen atoms in total. The van der Waals surface area contributed by atoms with Crippen LogP contribution in [0, 0.1) is 63.4 Å². The fourth-order valence-electron chi connectivity index (χ4n) is 14.0. The molecule has 0 bridgehead atoms. The lowest BCUT2D eigenvalue weighted by Gasteiger charge is -2.36. The smallest absolute Gasteiger partial charge is 0.410 e. The number of para-hydroxylation sites is 2. The predicted octanol–water partition coefficient (Wildman–Crippen LogP) is 19.6. The van der Waals surface area contributed by atoms with E-state index in [1.54, 1.807) is 52.3 Å². The summed E-state index contributed by atoms with van der Waals surface area (Å²) in [6.45, 7) is 64.4. The van der Waals surface area contributed by atoms with Crippen molar-refractivity contribution in [2.45, 2.75) is 94.5 Å². The van der Waals surface area contributed by atoms with Gasteiger partial charge in [-0.2, -0.15) is 9.59 Å². The highest BCUT2D eigenvalue weighted by Crippen LogP contribution is 2.33. The van der Waals surface area contributed by atoms with E-state index in [-0.39, 0.29) is 116 Å². The first-order valence-electron chi connectivity index (χ1n) is 40.2. The molecule has 2 aromatic heterocycles. The highest BCUT2D eigenvalue weighted by molar-refractivity contribution is 14.0. The Labute approximate surface area is 794 Å². The first-order chi connectivity index (χ1) is 58.2. The van der Waals surface area contributed by atoms with Gasteiger partial charge in [-0.05, 0) is 176 Å². The van der Waals surface area contributed by atoms with Crippen molar-refractivity contribution in [3.8, 4) is 0 Å². The number of hydrogen-bond donors (Lipinski definition) is 2. The van der Waals surface area contributed by atoms with Crippen LogP contribution in [0.4, 0.5) is 78.3 Å². The van der Waals surface area contributed by atoms with Gasteiger partial charge in [-0.25, -0.2) is 46.5 Å². The molecule has 0 unspecified atom stereocenters. The first kappa shape index (κ1) is 111. The Morgan fingerprint density at radius 3 is 1.13 bits per heavy atom. The summed E-state index contributed by atoms with van der Waals surface area (Å²) < 4.78 is 68.2. The van der Waals surface area contributed by atoms with Crippen LogP contribution in [0.2, 0.25) is 10.0 Å². The molecule has 8 heterocycles. The number of hydrogen-bond acceptors (Lipinski definition) is 16. The Balaban J connectivity index is 0.000000408. The van der Waals surface area contributed by atoms with Crippen molar-refractivity contribution in [3.63, 3.8) is 0 Å². The minimum absolute atomic E-state index is 0. The summed E-state index contributed by atoms with van der Waals surface area (Å²) in [5, 5.41) is 8.07.